The number of piperidine rings is 1. The molecule has 2 aromatic carbocycles. The van der Waals surface area contributed by atoms with Crippen molar-refractivity contribution in [1.29, 1.82) is 0 Å². The Balaban J connectivity index is 0.786. The number of piperazine rings is 1. The minimum Gasteiger partial charge on any atom is -0.387 e. The van der Waals surface area contributed by atoms with Crippen molar-refractivity contribution in [2.45, 2.75) is 63.8 Å². The van der Waals surface area contributed by atoms with Gasteiger partial charge in [0.2, 0.25) is 17.8 Å². The minimum absolute atomic E-state index is 0.149. The lowest BCUT2D eigenvalue weighted by atomic mass is 10.0. The molecule has 5 aromatic rings. The van der Waals surface area contributed by atoms with Crippen LogP contribution in [0, 0.1) is 0 Å². The van der Waals surface area contributed by atoms with Gasteiger partial charge in [0.15, 0.2) is 11.5 Å². The third kappa shape index (κ3) is 6.97. The average molecular weight is 769 g/mol. The maximum absolute atomic E-state index is 13.4. The Morgan fingerprint density at radius 3 is 2.54 bits per heavy atom. The van der Waals surface area contributed by atoms with Gasteiger partial charge in [0.1, 0.15) is 11.4 Å². The van der Waals surface area contributed by atoms with Crippen LogP contribution in [0.3, 0.4) is 0 Å². The number of allylic oxidation sites excluding steroid dienone is 1. The molecule has 6 heterocycles. The molecule has 2 fully saturated rings. The molecule has 3 N–H and O–H groups in total. The number of imide groups is 1. The van der Waals surface area contributed by atoms with E-state index < -0.39 is 18.1 Å². The average Bonchev–Trinajstić information content (AvgIpc) is 3.85. The van der Waals surface area contributed by atoms with Gasteiger partial charge in [-0.1, -0.05) is 24.3 Å². The van der Waals surface area contributed by atoms with Crippen LogP contribution in [-0.4, -0.2) is 95.7 Å². The van der Waals surface area contributed by atoms with E-state index >= 15 is 0 Å². The first-order valence-corrected chi connectivity index (χ1v) is 19.6. The number of aliphatic hydroxyl groups excluding tert-OH is 1. The fourth-order valence-corrected chi connectivity index (χ4v) is 8.53. The first-order valence-electron chi connectivity index (χ1n) is 19.6. The molecule has 4 aliphatic rings. The van der Waals surface area contributed by atoms with Gasteiger partial charge < -0.3 is 20.2 Å². The number of pyridine rings is 1. The fraction of sp³-hybridized carbons (Fsp3) is 0.357. The Kier molecular flexibility index (Phi) is 9.62. The molecule has 3 amide bonds. The summed E-state index contributed by atoms with van der Waals surface area (Å²) in [7, 11) is 0. The molecule has 3 aliphatic heterocycles. The zero-order valence-electron chi connectivity index (χ0n) is 31.6. The predicted octanol–water partition coefficient (Wildman–Crippen LogP) is 3.40. The number of fused-ring (bicyclic) bond motifs is 3. The summed E-state index contributed by atoms with van der Waals surface area (Å²) in [6.07, 6.45) is 6.52. The molecule has 2 unspecified atom stereocenters. The van der Waals surface area contributed by atoms with Crippen LogP contribution in [-0.2, 0) is 35.5 Å². The van der Waals surface area contributed by atoms with E-state index in [2.05, 4.69) is 50.2 Å². The first-order chi connectivity index (χ1) is 27.7. The lowest BCUT2D eigenvalue weighted by molar-refractivity contribution is -0.136. The van der Waals surface area contributed by atoms with Crippen molar-refractivity contribution in [2.24, 2.45) is 0 Å². The first kappa shape index (κ1) is 36.4. The highest BCUT2D eigenvalue weighted by Gasteiger charge is 2.39. The van der Waals surface area contributed by atoms with Crippen molar-refractivity contribution in [1.82, 2.24) is 39.4 Å². The van der Waals surface area contributed by atoms with E-state index in [4.69, 9.17) is 9.97 Å². The van der Waals surface area contributed by atoms with E-state index in [0.29, 0.717) is 53.4 Å². The number of amides is 3. The van der Waals surface area contributed by atoms with Gasteiger partial charge in [0.25, 0.3) is 11.5 Å². The molecule has 1 aliphatic carbocycles. The van der Waals surface area contributed by atoms with Crippen molar-refractivity contribution >= 4 is 46.1 Å². The molecule has 2 saturated heterocycles. The Labute approximate surface area is 328 Å². The van der Waals surface area contributed by atoms with Crippen LogP contribution in [0.4, 0.5) is 17.3 Å². The lowest BCUT2D eigenvalue weighted by Gasteiger charge is -2.36. The number of aromatic nitrogens is 5. The topological polar surface area (TPSA) is 171 Å². The van der Waals surface area contributed by atoms with Crippen LogP contribution in [0.1, 0.15) is 64.5 Å². The number of rotatable bonds is 11. The fourth-order valence-electron chi connectivity index (χ4n) is 8.53. The number of aryl methyl sites for hydroxylation is 2. The number of carbonyl (C=O) groups excluding carboxylic acids is 3. The predicted molar refractivity (Wildman–Crippen MR) is 214 cm³/mol. The number of anilines is 3. The van der Waals surface area contributed by atoms with Crippen LogP contribution in [0.25, 0.3) is 16.9 Å². The molecule has 15 heteroatoms. The van der Waals surface area contributed by atoms with E-state index in [9.17, 15) is 24.3 Å². The number of hydrogen-bond acceptors (Lipinski definition) is 11. The van der Waals surface area contributed by atoms with E-state index in [-0.39, 0.29) is 30.3 Å². The second-order valence-corrected chi connectivity index (χ2v) is 15.2. The zero-order chi connectivity index (χ0) is 39.2. The minimum atomic E-state index is -0.630. The SMILES string of the molecule is C=CCn1c(=O)c2cnc(Nc3ccc(CCCN4CCN(c5ccc6c(c5)CN(C5CCC(=O)NC5=O)C6=O)CC4)cc3)nc2n1-c1ccc2c(n1)C(O)CC2. The highest BCUT2D eigenvalue weighted by atomic mass is 16.3. The van der Waals surface area contributed by atoms with Gasteiger partial charge in [-0.25, -0.2) is 19.3 Å². The van der Waals surface area contributed by atoms with Crippen LogP contribution < -0.4 is 21.1 Å². The Hall–Kier alpha value is -6.19. The molecular formula is C42H44N10O5. The number of hydrogen-bond donors (Lipinski definition) is 3. The van der Waals surface area contributed by atoms with Gasteiger partial charge in [-0.05, 0) is 91.7 Å². The van der Waals surface area contributed by atoms with Gasteiger partial charge in [0, 0.05) is 62.3 Å². The highest BCUT2D eigenvalue weighted by Crippen LogP contribution is 2.32. The molecule has 9 rings (SSSR count). The Morgan fingerprint density at radius 1 is 0.930 bits per heavy atom. The van der Waals surface area contributed by atoms with Gasteiger partial charge in [-0.2, -0.15) is 4.98 Å². The summed E-state index contributed by atoms with van der Waals surface area (Å²) in [6, 6.07) is 17.4. The third-order valence-electron chi connectivity index (χ3n) is 11.6. The second kappa shape index (κ2) is 15.0. The van der Waals surface area contributed by atoms with Crippen molar-refractivity contribution < 1.29 is 19.5 Å². The molecule has 0 radical (unpaired) electrons. The van der Waals surface area contributed by atoms with E-state index in [1.165, 1.54) is 16.4 Å². The normalized spacial score (nSPS) is 19.6. The Morgan fingerprint density at radius 2 is 1.75 bits per heavy atom. The summed E-state index contributed by atoms with van der Waals surface area (Å²) < 4.78 is 3.21. The van der Waals surface area contributed by atoms with E-state index in [1.807, 2.05) is 36.4 Å². The number of carbonyl (C=O) groups is 3. The maximum atomic E-state index is 13.4. The maximum Gasteiger partial charge on any atom is 0.278 e. The van der Waals surface area contributed by atoms with Gasteiger partial charge in [0.05, 0.1) is 18.3 Å². The lowest BCUT2D eigenvalue weighted by Crippen LogP contribution is -2.52. The monoisotopic (exact) mass is 768 g/mol. The Bertz CT molecular complexity index is 2470. The summed E-state index contributed by atoms with van der Waals surface area (Å²) in [5.41, 5.74) is 6.52. The van der Waals surface area contributed by atoms with Gasteiger partial charge in [-0.3, -0.25) is 29.4 Å². The molecule has 0 saturated carbocycles. The van der Waals surface area contributed by atoms with Crippen molar-refractivity contribution in [2.75, 3.05) is 42.9 Å². The van der Waals surface area contributed by atoms with Crippen LogP contribution >= 0.6 is 0 Å². The highest BCUT2D eigenvalue weighted by molar-refractivity contribution is 6.05. The van der Waals surface area contributed by atoms with Crippen molar-refractivity contribution in [3.05, 3.63) is 112 Å². The van der Waals surface area contributed by atoms with Crippen molar-refractivity contribution in [3.8, 4) is 5.82 Å². The van der Waals surface area contributed by atoms with Crippen LogP contribution in [0.15, 0.2) is 78.2 Å². The number of nitrogens with zero attached hydrogens (tertiary/aromatic N) is 8. The number of aliphatic hydroxyl groups is 1. The molecule has 292 valence electrons. The number of benzene rings is 2. The van der Waals surface area contributed by atoms with Gasteiger partial charge >= 0.3 is 0 Å². The van der Waals surface area contributed by atoms with Gasteiger partial charge in [-0.15, -0.1) is 6.58 Å². The summed E-state index contributed by atoms with van der Waals surface area (Å²) in [6.45, 7) is 9.12. The summed E-state index contributed by atoms with van der Waals surface area (Å²) in [5.74, 6) is 0.0214. The summed E-state index contributed by atoms with van der Waals surface area (Å²) in [5, 5.41) is 16.5. The summed E-state index contributed by atoms with van der Waals surface area (Å²) >= 11 is 0. The molecule has 0 bridgehead atoms. The molecule has 2 atom stereocenters. The van der Waals surface area contributed by atoms with E-state index in [0.717, 1.165) is 74.5 Å². The number of nitrogens with one attached hydrogen (secondary N) is 2. The molecular weight excluding hydrogens is 725 g/mol. The van der Waals surface area contributed by atoms with Crippen molar-refractivity contribution in [3.63, 3.8) is 0 Å². The third-order valence-corrected chi connectivity index (χ3v) is 11.6. The van der Waals surface area contributed by atoms with Crippen LogP contribution in [0.2, 0.25) is 0 Å². The largest absolute Gasteiger partial charge is 0.387 e. The standard InChI is InChI=1S/C42H44N10O5/c1-2-17-51-41(57)32-24-43-42(47-38(32)52(51)35-15-8-27-7-14-34(53)37(27)45-35)44-29-9-5-26(6-10-29)4-3-18-48-19-21-49(22-20-48)30-11-12-31-28(23-30)25-50(40(31)56)33-13-16-36(54)46-39(33)55/h2,5-6,8-12,15,23-24,33-34,53H,1,3-4,7,13-14,16-22,25H2,(H,43,44,47)(H,46,54,55). The molecule has 3 aromatic heterocycles. The second-order valence-electron chi connectivity index (χ2n) is 15.2. The molecule has 57 heavy (non-hydrogen) atoms. The smallest absolute Gasteiger partial charge is 0.278 e. The quantitative estimate of drug-likeness (QED) is 0.133. The van der Waals surface area contributed by atoms with Crippen LogP contribution in [0.5, 0.6) is 0 Å². The summed E-state index contributed by atoms with van der Waals surface area (Å²) in [4.78, 5) is 70.9. The molecule has 0 spiro atoms. The van der Waals surface area contributed by atoms with E-state index in [1.54, 1.807) is 15.7 Å². The zero-order valence-corrected chi connectivity index (χ0v) is 31.6. The molecule has 15 nitrogen and oxygen atoms in total.